The molecule has 0 aromatic heterocycles. The number of methoxy groups -OCH3 is 1. The molecule has 3 rings (SSSR count). The molecule has 2 aromatic rings. The first kappa shape index (κ1) is 20.0. The summed E-state index contributed by atoms with van der Waals surface area (Å²) < 4.78 is 16.3. The van der Waals surface area contributed by atoms with E-state index < -0.39 is 12.1 Å². The minimum atomic E-state index is -0.861. The zero-order valence-electron chi connectivity index (χ0n) is 15.7. The molecule has 2 aromatic carbocycles. The summed E-state index contributed by atoms with van der Waals surface area (Å²) in [6.07, 6.45) is 1.09. The number of carbonyl (C=O) groups is 2. The number of carbonyl (C=O) groups excluding carboxylic acids is 2. The molecular formula is C21H22ClNO5. The molecule has 0 saturated heterocycles. The van der Waals surface area contributed by atoms with Gasteiger partial charge in [-0.15, -0.1) is 0 Å². The molecule has 0 bridgehead atoms. The number of ether oxygens (including phenoxy) is 3. The molecule has 0 aliphatic heterocycles. The maximum absolute atomic E-state index is 12.3. The second kappa shape index (κ2) is 8.97. The van der Waals surface area contributed by atoms with Gasteiger partial charge in [0.15, 0.2) is 17.6 Å². The molecule has 1 atom stereocenters. The van der Waals surface area contributed by atoms with E-state index in [0.717, 1.165) is 18.4 Å². The van der Waals surface area contributed by atoms with Crippen molar-refractivity contribution in [3.05, 3.63) is 58.6 Å². The fourth-order valence-electron chi connectivity index (χ4n) is 2.48. The zero-order valence-corrected chi connectivity index (χ0v) is 16.5. The van der Waals surface area contributed by atoms with Gasteiger partial charge < -0.3 is 19.5 Å². The minimum absolute atomic E-state index is 0.214. The summed E-state index contributed by atoms with van der Waals surface area (Å²) in [5, 5.41) is 3.47. The number of benzene rings is 2. The number of esters is 1. The molecule has 0 heterocycles. The highest BCUT2D eigenvalue weighted by Crippen LogP contribution is 2.29. The highest BCUT2D eigenvalue weighted by atomic mass is 35.5. The van der Waals surface area contributed by atoms with Gasteiger partial charge in [-0.2, -0.15) is 0 Å². The maximum Gasteiger partial charge on any atom is 0.339 e. The number of hydrogen-bond acceptors (Lipinski definition) is 5. The molecule has 1 N–H and O–H groups in total. The van der Waals surface area contributed by atoms with Gasteiger partial charge in [0, 0.05) is 11.1 Å². The summed E-state index contributed by atoms with van der Waals surface area (Å²) in [5.74, 6) is 0.0127. The molecule has 6 nitrogen and oxygen atoms in total. The van der Waals surface area contributed by atoms with E-state index in [9.17, 15) is 9.59 Å². The Morgan fingerprint density at radius 1 is 1.14 bits per heavy atom. The Hall–Kier alpha value is -2.73. The molecule has 1 fully saturated rings. The van der Waals surface area contributed by atoms with Crippen LogP contribution in [0.25, 0.3) is 0 Å². The normalized spacial score (nSPS) is 14.1. The lowest BCUT2D eigenvalue weighted by molar-refractivity contribution is -0.129. The highest BCUT2D eigenvalue weighted by molar-refractivity contribution is 6.30. The molecule has 7 heteroatoms. The Morgan fingerprint density at radius 3 is 2.50 bits per heavy atom. The predicted octanol–water partition coefficient (Wildman–Crippen LogP) is 3.75. The number of rotatable bonds is 8. The van der Waals surface area contributed by atoms with Crippen molar-refractivity contribution in [3.63, 3.8) is 0 Å². The summed E-state index contributed by atoms with van der Waals surface area (Å²) in [4.78, 5) is 24.3. The van der Waals surface area contributed by atoms with Crippen LogP contribution in [0, 0.1) is 0 Å². The highest BCUT2D eigenvalue weighted by Gasteiger charge is 2.27. The number of hydrogen-bond donors (Lipinski definition) is 1. The molecule has 1 unspecified atom stereocenters. The molecule has 1 saturated carbocycles. The molecule has 0 radical (unpaired) electrons. The smallest absolute Gasteiger partial charge is 0.339 e. The molecule has 1 amide bonds. The summed E-state index contributed by atoms with van der Waals surface area (Å²) in [5.41, 5.74) is 1.23. The van der Waals surface area contributed by atoms with Gasteiger partial charge in [0.25, 0.3) is 5.91 Å². The summed E-state index contributed by atoms with van der Waals surface area (Å²) in [7, 11) is 1.49. The zero-order chi connectivity index (χ0) is 20.1. The fourth-order valence-corrected chi connectivity index (χ4v) is 2.61. The van der Waals surface area contributed by atoms with Crippen molar-refractivity contribution in [2.45, 2.75) is 38.5 Å². The first-order chi connectivity index (χ1) is 13.5. The average molecular weight is 404 g/mol. The summed E-state index contributed by atoms with van der Waals surface area (Å²) >= 11 is 5.88. The molecule has 28 heavy (non-hydrogen) atoms. The largest absolute Gasteiger partial charge is 0.493 e. The van der Waals surface area contributed by atoms with E-state index >= 15 is 0 Å². The Kier molecular flexibility index (Phi) is 6.41. The topological polar surface area (TPSA) is 73.9 Å². The van der Waals surface area contributed by atoms with Gasteiger partial charge in [-0.25, -0.2) is 4.79 Å². The SMILES string of the molecule is COc1cc(C(=O)OC(C)C(=O)NC2CC2)ccc1OCc1ccc(Cl)cc1. The second-order valence-corrected chi connectivity index (χ2v) is 7.05. The number of amides is 1. The van der Waals surface area contributed by atoms with Crippen LogP contribution < -0.4 is 14.8 Å². The van der Waals surface area contributed by atoms with Crippen molar-refractivity contribution in [1.82, 2.24) is 5.32 Å². The molecule has 1 aliphatic carbocycles. The van der Waals surface area contributed by atoms with Gasteiger partial charge in [0.2, 0.25) is 0 Å². The lowest BCUT2D eigenvalue weighted by atomic mass is 10.2. The predicted molar refractivity (Wildman–Crippen MR) is 105 cm³/mol. The van der Waals surface area contributed by atoms with Crippen LogP contribution in [0.2, 0.25) is 5.02 Å². The van der Waals surface area contributed by atoms with E-state index in [-0.39, 0.29) is 17.5 Å². The monoisotopic (exact) mass is 403 g/mol. The van der Waals surface area contributed by atoms with Gasteiger partial charge >= 0.3 is 5.97 Å². The van der Waals surface area contributed by atoms with Gasteiger partial charge in [-0.1, -0.05) is 23.7 Å². The van der Waals surface area contributed by atoms with E-state index in [0.29, 0.717) is 23.1 Å². The molecule has 1 aliphatic rings. The van der Waals surface area contributed by atoms with Crippen molar-refractivity contribution in [3.8, 4) is 11.5 Å². The minimum Gasteiger partial charge on any atom is -0.493 e. The third-order valence-electron chi connectivity index (χ3n) is 4.28. The summed E-state index contributed by atoms with van der Waals surface area (Å²) in [6.45, 7) is 1.88. The van der Waals surface area contributed by atoms with Crippen LogP contribution in [0.5, 0.6) is 11.5 Å². The van der Waals surface area contributed by atoms with Crippen LogP contribution in [0.4, 0.5) is 0 Å². The Balaban J connectivity index is 1.61. The molecule has 148 valence electrons. The van der Waals surface area contributed by atoms with Gasteiger partial charge in [0.1, 0.15) is 6.61 Å². The Morgan fingerprint density at radius 2 is 1.86 bits per heavy atom. The van der Waals surface area contributed by atoms with Gasteiger partial charge in [-0.3, -0.25) is 4.79 Å². The van der Waals surface area contributed by atoms with E-state index in [1.807, 2.05) is 12.1 Å². The van der Waals surface area contributed by atoms with Gasteiger partial charge in [0.05, 0.1) is 12.7 Å². The third-order valence-corrected chi connectivity index (χ3v) is 4.54. The maximum atomic E-state index is 12.3. The molecule has 0 spiro atoms. The van der Waals surface area contributed by atoms with Crippen LogP contribution in [0.1, 0.15) is 35.7 Å². The van der Waals surface area contributed by atoms with E-state index in [1.54, 1.807) is 31.2 Å². The summed E-state index contributed by atoms with van der Waals surface area (Å²) in [6, 6.07) is 12.3. The van der Waals surface area contributed by atoms with E-state index in [1.165, 1.54) is 13.2 Å². The Bertz CT molecular complexity index is 848. The fraction of sp³-hybridized carbons (Fsp3) is 0.333. The lowest BCUT2D eigenvalue weighted by Gasteiger charge is -2.15. The lowest BCUT2D eigenvalue weighted by Crippen LogP contribution is -2.37. The van der Waals surface area contributed by atoms with Crippen molar-refractivity contribution in [2.24, 2.45) is 0 Å². The van der Waals surface area contributed by atoms with Crippen LogP contribution in [0.15, 0.2) is 42.5 Å². The first-order valence-electron chi connectivity index (χ1n) is 9.03. The number of nitrogens with one attached hydrogen (secondary N) is 1. The van der Waals surface area contributed by atoms with Crippen molar-refractivity contribution >= 4 is 23.5 Å². The van der Waals surface area contributed by atoms with Crippen LogP contribution >= 0.6 is 11.6 Å². The Labute approximate surface area is 168 Å². The second-order valence-electron chi connectivity index (χ2n) is 6.61. The van der Waals surface area contributed by atoms with Crippen molar-refractivity contribution in [2.75, 3.05) is 7.11 Å². The van der Waals surface area contributed by atoms with Crippen molar-refractivity contribution in [1.29, 1.82) is 0 Å². The third kappa shape index (κ3) is 5.39. The molecular weight excluding hydrogens is 382 g/mol. The quantitative estimate of drug-likeness (QED) is 0.679. The first-order valence-corrected chi connectivity index (χ1v) is 9.40. The standard InChI is InChI=1S/C21H22ClNO5/c1-13(20(24)23-17-8-9-17)28-21(25)15-5-10-18(19(11-15)26-2)27-12-14-3-6-16(22)7-4-14/h3-7,10-11,13,17H,8-9,12H2,1-2H3,(H,23,24). The van der Waals surface area contributed by atoms with Crippen LogP contribution in [0.3, 0.4) is 0 Å². The van der Waals surface area contributed by atoms with Crippen molar-refractivity contribution < 1.29 is 23.8 Å². The van der Waals surface area contributed by atoms with E-state index in [4.69, 9.17) is 25.8 Å². The van der Waals surface area contributed by atoms with Crippen LogP contribution in [-0.2, 0) is 16.1 Å². The van der Waals surface area contributed by atoms with Gasteiger partial charge in [-0.05, 0) is 55.7 Å². The average Bonchev–Trinajstić information content (AvgIpc) is 3.51. The number of halogens is 1. The van der Waals surface area contributed by atoms with Crippen LogP contribution in [-0.4, -0.2) is 31.1 Å². The van der Waals surface area contributed by atoms with E-state index in [2.05, 4.69) is 5.32 Å².